The average Bonchev–Trinajstić information content (AvgIpc) is 2.65. The van der Waals surface area contributed by atoms with Gasteiger partial charge >= 0.3 is 5.63 Å². The van der Waals surface area contributed by atoms with Crippen LogP contribution in [0.2, 0.25) is 0 Å². The minimum Gasteiger partial charge on any atom is -0.484 e. The smallest absolute Gasteiger partial charge is 0.336 e. The maximum absolute atomic E-state index is 12.1. The first-order valence-corrected chi connectivity index (χ1v) is 9.02. The molecule has 0 saturated carbocycles. The van der Waals surface area contributed by atoms with E-state index in [0.717, 1.165) is 23.8 Å². The summed E-state index contributed by atoms with van der Waals surface area (Å²) in [6.45, 7) is 3.75. The van der Waals surface area contributed by atoms with E-state index in [1.54, 1.807) is 12.1 Å². The molecule has 0 fully saturated rings. The van der Waals surface area contributed by atoms with Crippen LogP contribution in [-0.4, -0.2) is 18.6 Å². The van der Waals surface area contributed by atoms with E-state index in [2.05, 4.69) is 17.4 Å². The molecule has 1 heterocycles. The first-order chi connectivity index (χ1) is 13.0. The fourth-order valence-corrected chi connectivity index (χ4v) is 2.96. The maximum Gasteiger partial charge on any atom is 0.336 e. The van der Waals surface area contributed by atoms with E-state index in [0.29, 0.717) is 11.3 Å². The van der Waals surface area contributed by atoms with Crippen molar-refractivity contribution >= 4 is 16.9 Å². The fraction of sp³-hybridized carbons (Fsp3) is 0.273. The number of fused-ring (bicyclic) bond motifs is 1. The summed E-state index contributed by atoms with van der Waals surface area (Å²) in [7, 11) is 0. The Balaban J connectivity index is 1.51. The largest absolute Gasteiger partial charge is 0.484 e. The second-order valence-electron chi connectivity index (χ2n) is 6.69. The van der Waals surface area contributed by atoms with Gasteiger partial charge in [-0.1, -0.05) is 30.3 Å². The van der Waals surface area contributed by atoms with Crippen molar-refractivity contribution in [2.75, 3.05) is 6.61 Å². The zero-order chi connectivity index (χ0) is 19.2. The molecule has 1 amide bonds. The monoisotopic (exact) mass is 365 g/mol. The molecule has 3 aromatic rings. The van der Waals surface area contributed by atoms with Gasteiger partial charge in [-0.15, -0.1) is 0 Å². The van der Waals surface area contributed by atoms with E-state index in [9.17, 15) is 9.59 Å². The highest BCUT2D eigenvalue weighted by atomic mass is 16.5. The third-order valence-electron chi connectivity index (χ3n) is 4.41. The van der Waals surface area contributed by atoms with Gasteiger partial charge in [0.15, 0.2) is 6.61 Å². The molecule has 0 aliphatic carbocycles. The molecule has 1 N–H and O–H groups in total. The summed E-state index contributed by atoms with van der Waals surface area (Å²) in [5.41, 5.74) is 2.15. The third kappa shape index (κ3) is 5.20. The number of hydrogen-bond acceptors (Lipinski definition) is 4. The van der Waals surface area contributed by atoms with E-state index in [1.807, 2.05) is 38.1 Å². The molecular weight excluding hydrogens is 342 g/mol. The zero-order valence-electron chi connectivity index (χ0n) is 15.5. The predicted octanol–water partition coefficient (Wildman–Crippen LogP) is 3.62. The van der Waals surface area contributed by atoms with Gasteiger partial charge in [0.1, 0.15) is 11.3 Å². The second-order valence-corrected chi connectivity index (χ2v) is 6.69. The SMILES string of the molecule is Cc1cc(=O)oc2cc(OCC(=O)NC(C)CCc3ccccc3)ccc12. The van der Waals surface area contributed by atoms with E-state index >= 15 is 0 Å². The highest BCUT2D eigenvalue weighted by Crippen LogP contribution is 2.22. The summed E-state index contributed by atoms with van der Waals surface area (Å²) in [5, 5.41) is 3.79. The molecule has 0 aliphatic rings. The van der Waals surface area contributed by atoms with Gasteiger partial charge in [0.25, 0.3) is 5.91 Å². The Hall–Kier alpha value is -3.08. The highest BCUT2D eigenvalue weighted by molar-refractivity contribution is 5.81. The van der Waals surface area contributed by atoms with Gasteiger partial charge in [0.2, 0.25) is 0 Å². The molecule has 2 aromatic carbocycles. The average molecular weight is 365 g/mol. The molecule has 27 heavy (non-hydrogen) atoms. The van der Waals surface area contributed by atoms with E-state index in [1.165, 1.54) is 11.6 Å². The Morgan fingerprint density at radius 1 is 1.15 bits per heavy atom. The maximum atomic E-state index is 12.1. The van der Waals surface area contributed by atoms with Crippen molar-refractivity contribution in [1.82, 2.24) is 5.32 Å². The molecule has 5 heteroatoms. The van der Waals surface area contributed by atoms with Crippen LogP contribution in [0.4, 0.5) is 0 Å². The van der Waals surface area contributed by atoms with Gasteiger partial charge in [-0.25, -0.2) is 4.79 Å². The molecule has 1 unspecified atom stereocenters. The Kier molecular flexibility index (Phi) is 5.91. The Morgan fingerprint density at radius 2 is 1.93 bits per heavy atom. The Bertz CT molecular complexity index is 979. The molecule has 0 spiro atoms. The van der Waals surface area contributed by atoms with Crippen molar-refractivity contribution < 1.29 is 13.9 Å². The quantitative estimate of drug-likeness (QED) is 0.650. The topological polar surface area (TPSA) is 68.5 Å². The first-order valence-electron chi connectivity index (χ1n) is 9.02. The lowest BCUT2D eigenvalue weighted by Gasteiger charge is -2.14. The summed E-state index contributed by atoms with van der Waals surface area (Å²) < 4.78 is 10.7. The van der Waals surface area contributed by atoms with Crippen LogP contribution < -0.4 is 15.7 Å². The molecule has 140 valence electrons. The summed E-state index contributed by atoms with van der Waals surface area (Å²) in [5.74, 6) is 0.310. The lowest BCUT2D eigenvalue weighted by Crippen LogP contribution is -2.36. The van der Waals surface area contributed by atoms with Gasteiger partial charge in [-0.2, -0.15) is 0 Å². The minimum atomic E-state index is -0.401. The van der Waals surface area contributed by atoms with Crippen molar-refractivity contribution in [3.05, 3.63) is 76.1 Å². The van der Waals surface area contributed by atoms with Crippen LogP contribution in [0.3, 0.4) is 0 Å². The van der Waals surface area contributed by atoms with Crippen LogP contribution in [0.1, 0.15) is 24.5 Å². The van der Waals surface area contributed by atoms with E-state index in [-0.39, 0.29) is 18.6 Å². The van der Waals surface area contributed by atoms with Gasteiger partial charge < -0.3 is 14.5 Å². The number of aryl methyl sites for hydroxylation is 2. The molecule has 5 nitrogen and oxygen atoms in total. The Morgan fingerprint density at radius 3 is 2.70 bits per heavy atom. The number of carbonyl (C=O) groups is 1. The number of rotatable bonds is 7. The first kappa shape index (κ1) is 18.7. The lowest BCUT2D eigenvalue weighted by molar-refractivity contribution is -0.123. The van der Waals surface area contributed by atoms with Crippen LogP contribution in [0.25, 0.3) is 11.0 Å². The highest BCUT2D eigenvalue weighted by Gasteiger charge is 2.10. The molecule has 0 aliphatic heterocycles. The van der Waals surface area contributed by atoms with E-state index < -0.39 is 5.63 Å². The number of nitrogens with one attached hydrogen (secondary N) is 1. The van der Waals surface area contributed by atoms with E-state index in [4.69, 9.17) is 9.15 Å². The summed E-state index contributed by atoms with van der Waals surface area (Å²) in [4.78, 5) is 23.6. The van der Waals surface area contributed by atoms with Crippen molar-refractivity contribution in [1.29, 1.82) is 0 Å². The van der Waals surface area contributed by atoms with Crippen LogP contribution in [0, 0.1) is 6.92 Å². The minimum absolute atomic E-state index is 0.0542. The molecule has 0 radical (unpaired) electrons. The van der Waals surface area contributed by atoms with Crippen LogP contribution in [0.15, 0.2) is 63.8 Å². The van der Waals surface area contributed by atoms with Crippen LogP contribution >= 0.6 is 0 Å². The third-order valence-corrected chi connectivity index (χ3v) is 4.41. The second kappa shape index (κ2) is 8.54. The van der Waals surface area contributed by atoms with Gasteiger partial charge in [0.05, 0.1) is 0 Å². The number of hydrogen-bond donors (Lipinski definition) is 1. The molecule has 0 bridgehead atoms. The summed E-state index contributed by atoms with van der Waals surface area (Å²) in [6, 6.07) is 16.9. The van der Waals surface area contributed by atoms with Crippen molar-refractivity contribution in [2.24, 2.45) is 0 Å². The molecule has 1 aromatic heterocycles. The van der Waals surface area contributed by atoms with Gasteiger partial charge in [0, 0.05) is 23.6 Å². The number of amides is 1. The van der Waals surface area contributed by atoms with Crippen molar-refractivity contribution in [2.45, 2.75) is 32.7 Å². The van der Waals surface area contributed by atoms with Crippen molar-refractivity contribution in [3.8, 4) is 5.75 Å². The number of ether oxygens (including phenoxy) is 1. The summed E-state index contributed by atoms with van der Waals surface area (Å²) >= 11 is 0. The lowest BCUT2D eigenvalue weighted by atomic mass is 10.1. The summed E-state index contributed by atoms with van der Waals surface area (Å²) in [6.07, 6.45) is 1.77. The standard InChI is InChI=1S/C22H23NO4/c1-15-12-22(25)27-20-13-18(10-11-19(15)20)26-14-21(24)23-16(2)8-9-17-6-4-3-5-7-17/h3-7,10-13,16H,8-9,14H2,1-2H3,(H,23,24). The fourth-order valence-electron chi connectivity index (χ4n) is 2.96. The zero-order valence-corrected chi connectivity index (χ0v) is 15.5. The Labute approximate surface area is 158 Å². The molecule has 0 saturated heterocycles. The van der Waals surface area contributed by atoms with Crippen molar-refractivity contribution in [3.63, 3.8) is 0 Å². The van der Waals surface area contributed by atoms with Crippen LogP contribution in [-0.2, 0) is 11.2 Å². The predicted molar refractivity (Wildman–Crippen MR) is 105 cm³/mol. The normalized spacial score (nSPS) is 11.9. The number of benzene rings is 2. The van der Waals surface area contributed by atoms with Crippen LogP contribution in [0.5, 0.6) is 5.75 Å². The molecule has 3 rings (SSSR count). The molecule has 1 atom stereocenters. The van der Waals surface area contributed by atoms with Gasteiger partial charge in [-0.3, -0.25) is 4.79 Å². The number of carbonyl (C=O) groups excluding carboxylic acids is 1. The molecular formula is C22H23NO4. The van der Waals surface area contributed by atoms with Gasteiger partial charge in [-0.05, 0) is 49.9 Å².